The number of hydrogen-bond acceptors (Lipinski definition) is 5. The fourth-order valence-electron chi connectivity index (χ4n) is 3.44. The van der Waals surface area contributed by atoms with Gasteiger partial charge in [0.05, 0.1) is 12.2 Å². The first-order valence-corrected chi connectivity index (χ1v) is 10.4. The molecule has 3 rings (SSSR count). The quantitative estimate of drug-likeness (QED) is 0.579. The molecule has 0 bridgehead atoms. The van der Waals surface area contributed by atoms with Crippen LogP contribution in [0.1, 0.15) is 31.2 Å². The van der Waals surface area contributed by atoms with E-state index in [1.54, 1.807) is 0 Å². The zero-order valence-corrected chi connectivity index (χ0v) is 18.0. The van der Waals surface area contributed by atoms with E-state index in [9.17, 15) is 0 Å². The molecule has 0 aromatic carbocycles. The normalized spacial score (nSPS) is 15.3. The fraction of sp³-hybridized carbons (Fsp3) is 0.500. The SMILES string of the molecule is CCNC(=NCc1cccc(N(C)C)n1)NC1CCN(c2cccc(C)n2)CC1. The van der Waals surface area contributed by atoms with Crippen LogP contribution < -0.4 is 20.4 Å². The van der Waals surface area contributed by atoms with E-state index in [1.807, 2.05) is 50.2 Å². The van der Waals surface area contributed by atoms with Crippen molar-refractivity contribution < 1.29 is 0 Å². The molecule has 156 valence electrons. The Morgan fingerprint density at radius 3 is 2.59 bits per heavy atom. The number of pyridine rings is 2. The Morgan fingerprint density at radius 1 is 1.14 bits per heavy atom. The van der Waals surface area contributed by atoms with Crippen molar-refractivity contribution in [2.24, 2.45) is 4.99 Å². The second-order valence-electron chi connectivity index (χ2n) is 7.62. The second kappa shape index (κ2) is 10.1. The largest absolute Gasteiger partial charge is 0.363 e. The van der Waals surface area contributed by atoms with Gasteiger partial charge in [0.15, 0.2) is 5.96 Å². The van der Waals surface area contributed by atoms with Gasteiger partial charge in [-0.1, -0.05) is 12.1 Å². The molecule has 0 aliphatic carbocycles. The minimum atomic E-state index is 0.412. The highest BCUT2D eigenvalue weighted by atomic mass is 15.2. The second-order valence-corrected chi connectivity index (χ2v) is 7.62. The number of aryl methyl sites for hydroxylation is 1. The highest BCUT2D eigenvalue weighted by Crippen LogP contribution is 2.18. The van der Waals surface area contributed by atoms with Crippen molar-refractivity contribution in [3.63, 3.8) is 0 Å². The molecule has 0 saturated carbocycles. The molecule has 0 radical (unpaired) electrons. The summed E-state index contributed by atoms with van der Waals surface area (Å²) < 4.78 is 0. The molecule has 0 spiro atoms. The number of aliphatic imine (C=N–C) groups is 1. The van der Waals surface area contributed by atoms with Gasteiger partial charge in [0.2, 0.25) is 0 Å². The van der Waals surface area contributed by atoms with Crippen molar-refractivity contribution in [2.75, 3.05) is 43.5 Å². The Hall–Kier alpha value is -2.83. The molecule has 7 heteroatoms. The predicted molar refractivity (Wildman–Crippen MR) is 121 cm³/mol. The summed E-state index contributed by atoms with van der Waals surface area (Å²) >= 11 is 0. The Kier molecular flexibility index (Phi) is 7.27. The van der Waals surface area contributed by atoms with E-state index in [1.165, 1.54) is 0 Å². The van der Waals surface area contributed by atoms with Crippen LogP contribution >= 0.6 is 0 Å². The first-order valence-electron chi connectivity index (χ1n) is 10.4. The molecule has 1 saturated heterocycles. The number of guanidine groups is 1. The molecule has 3 heterocycles. The molecule has 0 unspecified atom stereocenters. The average molecular weight is 396 g/mol. The van der Waals surface area contributed by atoms with Crippen LogP contribution in [0.25, 0.3) is 0 Å². The zero-order chi connectivity index (χ0) is 20.6. The molecular formula is C22H33N7. The van der Waals surface area contributed by atoms with Crippen LogP contribution in [-0.4, -0.2) is 55.7 Å². The van der Waals surface area contributed by atoms with Gasteiger partial charge in [-0.2, -0.15) is 0 Å². The fourth-order valence-corrected chi connectivity index (χ4v) is 3.44. The highest BCUT2D eigenvalue weighted by Gasteiger charge is 2.21. The lowest BCUT2D eigenvalue weighted by Crippen LogP contribution is -2.48. The molecule has 1 aliphatic rings. The van der Waals surface area contributed by atoms with Gasteiger partial charge >= 0.3 is 0 Å². The lowest BCUT2D eigenvalue weighted by molar-refractivity contribution is 0.459. The van der Waals surface area contributed by atoms with Crippen molar-refractivity contribution >= 4 is 17.6 Å². The zero-order valence-electron chi connectivity index (χ0n) is 18.0. The monoisotopic (exact) mass is 395 g/mol. The number of nitrogens with one attached hydrogen (secondary N) is 2. The van der Waals surface area contributed by atoms with Gasteiger partial charge in [-0.15, -0.1) is 0 Å². The molecule has 7 nitrogen and oxygen atoms in total. The van der Waals surface area contributed by atoms with E-state index in [-0.39, 0.29) is 0 Å². The van der Waals surface area contributed by atoms with Crippen molar-refractivity contribution in [1.29, 1.82) is 0 Å². The number of anilines is 2. The predicted octanol–water partition coefficient (Wildman–Crippen LogP) is 2.58. The maximum absolute atomic E-state index is 4.75. The van der Waals surface area contributed by atoms with Crippen LogP contribution in [0, 0.1) is 6.92 Å². The van der Waals surface area contributed by atoms with Gasteiger partial charge in [-0.3, -0.25) is 0 Å². The highest BCUT2D eigenvalue weighted by molar-refractivity contribution is 5.80. The number of nitrogens with zero attached hydrogens (tertiary/aromatic N) is 5. The van der Waals surface area contributed by atoms with Gasteiger partial charge in [0.25, 0.3) is 0 Å². The Morgan fingerprint density at radius 2 is 1.90 bits per heavy atom. The van der Waals surface area contributed by atoms with E-state index in [0.29, 0.717) is 12.6 Å². The molecule has 2 aromatic rings. The third-order valence-electron chi connectivity index (χ3n) is 5.03. The topological polar surface area (TPSA) is 68.7 Å². The third kappa shape index (κ3) is 6.07. The Labute approximate surface area is 174 Å². The van der Waals surface area contributed by atoms with E-state index in [0.717, 1.165) is 61.5 Å². The van der Waals surface area contributed by atoms with E-state index in [4.69, 9.17) is 4.99 Å². The minimum Gasteiger partial charge on any atom is -0.363 e. The molecule has 1 fully saturated rings. The summed E-state index contributed by atoms with van der Waals surface area (Å²) in [6.45, 7) is 7.53. The molecule has 29 heavy (non-hydrogen) atoms. The van der Waals surface area contributed by atoms with Crippen molar-refractivity contribution in [2.45, 2.75) is 39.3 Å². The lowest BCUT2D eigenvalue weighted by Gasteiger charge is -2.34. The van der Waals surface area contributed by atoms with Crippen LogP contribution in [-0.2, 0) is 6.54 Å². The van der Waals surface area contributed by atoms with Gasteiger partial charge in [0, 0.05) is 45.5 Å². The molecular weight excluding hydrogens is 362 g/mol. The molecule has 2 aromatic heterocycles. The maximum Gasteiger partial charge on any atom is 0.191 e. The summed E-state index contributed by atoms with van der Waals surface area (Å²) in [5.41, 5.74) is 2.03. The number of hydrogen-bond donors (Lipinski definition) is 2. The maximum atomic E-state index is 4.75. The minimum absolute atomic E-state index is 0.412. The lowest BCUT2D eigenvalue weighted by atomic mass is 10.1. The molecule has 2 N–H and O–H groups in total. The van der Waals surface area contributed by atoms with Gasteiger partial charge in [-0.05, 0) is 51.0 Å². The van der Waals surface area contributed by atoms with Crippen LogP contribution in [0.3, 0.4) is 0 Å². The van der Waals surface area contributed by atoms with Crippen LogP contribution in [0.2, 0.25) is 0 Å². The van der Waals surface area contributed by atoms with Crippen LogP contribution in [0.4, 0.5) is 11.6 Å². The van der Waals surface area contributed by atoms with Crippen LogP contribution in [0.15, 0.2) is 41.4 Å². The summed E-state index contributed by atoms with van der Waals surface area (Å²) in [5, 5.41) is 6.96. The van der Waals surface area contributed by atoms with Crippen molar-refractivity contribution in [1.82, 2.24) is 20.6 Å². The van der Waals surface area contributed by atoms with Gasteiger partial charge in [-0.25, -0.2) is 15.0 Å². The first kappa shape index (κ1) is 20.9. The van der Waals surface area contributed by atoms with Gasteiger partial charge in [0.1, 0.15) is 11.6 Å². The smallest absolute Gasteiger partial charge is 0.191 e. The van der Waals surface area contributed by atoms with Gasteiger partial charge < -0.3 is 20.4 Å². The summed E-state index contributed by atoms with van der Waals surface area (Å²) in [6.07, 6.45) is 2.13. The summed E-state index contributed by atoms with van der Waals surface area (Å²) in [5.74, 6) is 2.89. The van der Waals surface area contributed by atoms with E-state index in [2.05, 4.69) is 44.6 Å². The first-order chi connectivity index (χ1) is 14.0. The van der Waals surface area contributed by atoms with Crippen molar-refractivity contribution in [3.8, 4) is 0 Å². The third-order valence-corrected chi connectivity index (χ3v) is 5.03. The van der Waals surface area contributed by atoms with E-state index >= 15 is 0 Å². The number of piperidine rings is 1. The Balaban J connectivity index is 1.56. The number of aromatic nitrogens is 2. The Bertz CT molecular complexity index is 810. The van der Waals surface area contributed by atoms with Crippen molar-refractivity contribution in [3.05, 3.63) is 47.8 Å². The molecule has 0 amide bonds. The van der Waals surface area contributed by atoms with E-state index < -0.39 is 0 Å². The molecule has 1 aliphatic heterocycles. The summed E-state index contributed by atoms with van der Waals surface area (Å²) in [7, 11) is 4.00. The number of rotatable bonds is 6. The standard InChI is InChI=1S/C22H33N7/c1-5-23-22(24-16-19-9-7-10-20(26-19)28(3)4)27-18-12-14-29(15-13-18)21-11-6-8-17(2)25-21/h6-11,18H,5,12-16H2,1-4H3,(H2,23,24,27). The summed E-state index contributed by atoms with van der Waals surface area (Å²) in [6, 6.07) is 12.7. The van der Waals surface area contributed by atoms with Crippen LogP contribution in [0.5, 0.6) is 0 Å². The summed E-state index contributed by atoms with van der Waals surface area (Å²) in [4.78, 5) is 18.4. The average Bonchev–Trinajstić information content (AvgIpc) is 2.73. The molecule has 0 atom stereocenters.